The maximum Gasteiger partial charge on any atom is 0.262 e. The van der Waals surface area contributed by atoms with E-state index in [1.807, 2.05) is 30.3 Å². The van der Waals surface area contributed by atoms with Crippen molar-refractivity contribution in [2.45, 2.75) is 13.0 Å². The molecule has 0 fully saturated rings. The van der Waals surface area contributed by atoms with Crippen LogP contribution in [0.4, 0.5) is 5.95 Å². The predicted octanol–water partition coefficient (Wildman–Crippen LogP) is 3.53. The number of ether oxygens (including phenoxy) is 1. The molecule has 0 bridgehead atoms. The maximum atomic E-state index is 12.8. The molecule has 0 aliphatic carbocycles. The van der Waals surface area contributed by atoms with Crippen molar-refractivity contribution in [3.63, 3.8) is 0 Å². The van der Waals surface area contributed by atoms with Crippen molar-refractivity contribution in [3.05, 3.63) is 69.5 Å². The number of hydrogen-bond acceptors (Lipinski definition) is 5. The first-order valence-electron chi connectivity index (χ1n) is 8.22. The number of hydrogen-bond donors (Lipinski definition) is 1. The van der Waals surface area contributed by atoms with Gasteiger partial charge in [-0.2, -0.15) is 5.10 Å². The van der Waals surface area contributed by atoms with Gasteiger partial charge in [0.05, 0.1) is 17.1 Å². The number of benzene rings is 2. The topological polar surface area (TPSA) is 68.5 Å². The normalized spacial score (nSPS) is 11.3. The van der Waals surface area contributed by atoms with Crippen LogP contribution in [0.15, 0.2) is 58.4 Å². The number of aromatic nitrogens is 2. The number of rotatable bonds is 7. The van der Waals surface area contributed by atoms with Gasteiger partial charge in [-0.1, -0.05) is 35.9 Å². The molecule has 0 atom stereocenters. The number of fused-ring (bicyclic) bond motifs is 1. The Hall–Kier alpha value is -2.70. The Morgan fingerprint density at radius 1 is 1.27 bits per heavy atom. The van der Waals surface area contributed by atoms with Crippen molar-refractivity contribution in [2.24, 2.45) is 5.10 Å². The summed E-state index contributed by atoms with van der Waals surface area (Å²) in [6, 6.07) is 14.6. The molecule has 134 valence electrons. The summed E-state index contributed by atoms with van der Waals surface area (Å²) in [7, 11) is 1.63. The lowest BCUT2D eigenvalue weighted by Gasteiger charge is -2.12. The third kappa shape index (κ3) is 4.28. The zero-order chi connectivity index (χ0) is 18.4. The van der Waals surface area contributed by atoms with E-state index in [0.29, 0.717) is 41.4 Å². The average Bonchev–Trinajstić information content (AvgIpc) is 2.64. The molecular formula is C19H19ClN4O2. The third-order valence-electron chi connectivity index (χ3n) is 3.82. The summed E-state index contributed by atoms with van der Waals surface area (Å²) in [5.41, 5.74) is 4.25. The molecule has 26 heavy (non-hydrogen) atoms. The zero-order valence-electron chi connectivity index (χ0n) is 14.4. The molecule has 0 saturated carbocycles. The molecule has 6 nitrogen and oxygen atoms in total. The van der Waals surface area contributed by atoms with Gasteiger partial charge >= 0.3 is 0 Å². The number of anilines is 1. The minimum absolute atomic E-state index is 0.104. The van der Waals surface area contributed by atoms with Gasteiger partial charge in [0.1, 0.15) is 0 Å². The molecule has 3 aromatic rings. The van der Waals surface area contributed by atoms with Crippen LogP contribution in [0.5, 0.6) is 0 Å². The van der Waals surface area contributed by atoms with Gasteiger partial charge in [0.15, 0.2) is 0 Å². The number of para-hydroxylation sites is 1. The largest absolute Gasteiger partial charge is 0.385 e. The lowest BCUT2D eigenvalue weighted by Crippen LogP contribution is -2.24. The summed E-state index contributed by atoms with van der Waals surface area (Å²) in [4.78, 5) is 17.3. The van der Waals surface area contributed by atoms with Crippen molar-refractivity contribution >= 4 is 34.7 Å². The van der Waals surface area contributed by atoms with Gasteiger partial charge < -0.3 is 4.74 Å². The van der Waals surface area contributed by atoms with E-state index in [1.54, 1.807) is 36.1 Å². The molecule has 0 amide bonds. The van der Waals surface area contributed by atoms with E-state index in [2.05, 4.69) is 15.5 Å². The fraction of sp³-hybridized carbons (Fsp3) is 0.211. The van der Waals surface area contributed by atoms with Crippen LogP contribution in [0.3, 0.4) is 0 Å². The Kier molecular flexibility index (Phi) is 5.99. The van der Waals surface area contributed by atoms with E-state index in [-0.39, 0.29) is 5.56 Å². The predicted molar refractivity (Wildman–Crippen MR) is 105 cm³/mol. The highest BCUT2D eigenvalue weighted by Crippen LogP contribution is 2.12. The van der Waals surface area contributed by atoms with Gasteiger partial charge in [0.25, 0.3) is 5.56 Å². The second kappa shape index (κ2) is 8.60. The highest BCUT2D eigenvalue weighted by atomic mass is 35.5. The molecule has 2 aromatic carbocycles. The Bertz CT molecular complexity index is 985. The molecule has 0 radical (unpaired) electrons. The summed E-state index contributed by atoms with van der Waals surface area (Å²) < 4.78 is 6.66. The molecule has 0 aliphatic rings. The standard InChI is InChI=1S/C19H19ClN4O2/c1-26-11-5-10-24-18(25)16-8-2-3-9-17(16)22-19(24)23-21-13-14-6-4-7-15(20)12-14/h2-4,6-9,12-13H,5,10-11H2,1H3,(H,22,23)/b21-13-. The first kappa shape index (κ1) is 18.1. The Morgan fingerprint density at radius 2 is 2.12 bits per heavy atom. The van der Waals surface area contributed by atoms with E-state index < -0.39 is 0 Å². The highest BCUT2D eigenvalue weighted by molar-refractivity contribution is 6.30. The van der Waals surface area contributed by atoms with Crippen molar-refractivity contribution in [1.82, 2.24) is 9.55 Å². The summed E-state index contributed by atoms with van der Waals surface area (Å²) in [6.45, 7) is 1.05. The van der Waals surface area contributed by atoms with Gasteiger partial charge in [-0.05, 0) is 36.2 Å². The SMILES string of the molecule is COCCCn1c(N/N=C\c2cccc(Cl)c2)nc2ccccc2c1=O. The summed E-state index contributed by atoms with van der Waals surface area (Å²) in [5, 5.41) is 5.41. The smallest absolute Gasteiger partial charge is 0.262 e. The van der Waals surface area contributed by atoms with Crippen LogP contribution in [0.25, 0.3) is 10.9 Å². The Morgan fingerprint density at radius 3 is 2.92 bits per heavy atom. The van der Waals surface area contributed by atoms with Crippen LogP contribution >= 0.6 is 11.6 Å². The fourth-order valence-electron chi connectivity index (χ4n) is 2.58. The molecule has 1 heterocycles. The lowest BCUT2D eigenvalue weighted by atomic mass is 10.2. The molecule has 0 saturated heterocycles. The van der Waals surface area contributed by atoms with Crippen LogP contribution in [0.2, 0.25) is 5.02 Å². The van der Waals surface area contributed by atoms with Gasteiger partial charge in [-0.3, -0.25) is 9.36 Å². The number of hydrazone groups is 1. The number of methoxy groups -OCH3 is 1. The van der Waals surface area contributed by atoms with Crippen LogP contribution in [0, 0.1) is 0 Å². The van der Waals surface area contributed by atoms with Crippen molar-refractivity contribution in [3.8, 4) is 0 Å². The molecule has 7 heteroatoms. The van der Waals surface area contributed by atoms with Crippen molar-refractivity contribution in [2.75, 3.05) is 19.1 Å². The van der Waals surface area contributed by atoms with Crippen LogP contribution in [-0.2, 0) is 11.3 Å². The van der Waals surface area contributed by atoms with Crippen LogP contribution < -0.4 is 11.0 Å². The van der Waals surface area contributed by atoms with E-state index in [1.165, 1.54) is 0 Å². The second-order valence-corrected chi connectivity index (χ2v) is 6.12. The van der Waals surface area contributed by atoms with E-state index >= 15 is 0 Å². The lowest BCUT2D eigenvalue weighted by molar-refractivity contribution is 0.190. The number of halogens is 1. The number of nitrogens with one attached hydrogen (secondary N) is 1. The number of nitrogens with zero attached hydrogens (tertiary/aromatic N) is 3. The molecular weight excluding hydrogens is 352 g/mol. The maximum absolute atomic E-state index is 12.8. The van der Waals surface area contributed by atoms with Crippen LogP contribution in [-0.4, -0.2) is 29.5 Å². The Balaban J connectivity index is 1.92. The molecule has 1 N–H and O–H groups in total. The fourth-order valence-corrected chi connectivity index (χ4v) is 2.78. The minimum atomic E-state index is -0.104. The highest BCUT2D eigenvalue weighted by Gasteiger charge is 2.10. The summed E-state index contributed by atoms with van der Waals surface area (Å²) in [6.07, 6.45) is 2.33. The van der Waals surface area contributed by atoms with Gasteiger partial charge in [-0.25, -0.2) is 10.4 Å². The first-order chi connectivity index (χ1) is 12.7. The molecule has 0 aliphatic heterocycles. The minimum Gasteiger partial charge on any atom is -0.385 e. The van der Waals surface area contributed by atoms with Gasteiger partial charge in [0.2, 0.25) is 5.95 Å². The summed E-state index contributed by atoms with van der Waals surface area (Å²) in [5.74, 6) is 0.392. The zero-order valence-corrected chi connectivity index (χ0v) is 15.1. The second-order valence-electron chi connectivity index (χ2n) is 5.68. The van der Waals surface area contributed by atoms with Crippen molar-refractivity contribution < 1.29 is 4.74 Å². The van der Waals surface area contributed by atoms with Crippen molar-refractivity contribution in [1.29, 1.82) is 0 Å². The van der Waals surface area contributed by atoms with E-state index in [0.717, 1.165) is 5.56 Å². The molecule has 0 unspecified atom stereocenters. The third-order valence-corrected chi connectivity index (χ3v) is 4.05. The molecule has 1 aromatic heterocycles. The molecule has 0 spiro atoms. The van der Waals surface area contributed by atoms with E-state index in [9.17, 15) is 4.79 Å². The average molecular weight is 371 g/mol. The van der Waals surface area contributed by atoms with Crippen LogP contribution in [0.1, 0.15) is 12.0 Å². The van der Waals surface area contributed by atoms with Gasteiger partial charge in [-0.15, -0.1) is 0 Å². The van der Waals surface area contributed by atoms with E-state index in [4.69, 9.17) is 16.3 Å². The quantitative estimate of drug-likeness (QED) is 0.392. The summed E-state index contributed by atoms with van der Waals surface area (Å²) >= 11 is 5.97. The Labute approximate surface area is 156 Å². The first-order valence-corrected chi connectivity index (χ1v) is 8.60. The monoisotopic (exact) mass is 370 g/mol. The molecule has 3 rings (SSSR count). The van der Waals surface area contributed by atoms with Gasteiger partial charge in [0, 0.05) is 25.3 Å².